The number of anilines is 1. The molecule has 0 bridgehead atoms. The maximum atomic E-state index is 5.06. The van der Waals surface area contributed by atoms with Gasteiger partial charge in [0.25, 0.3) is 0 Å². The third-order valence-corrected chi connectivity index (χ3v) is 1.96. The number of aromatic nitrogens is 2. The molecule has 1 rings (SSSR count). The molecule has 1 N–H and O–H groups in total. The van der Waals surface area contributed by atoms with Crippen LogP contribution in [0.2, 0.25) is 0 Å². The highest BCUT2D eigenvalue weighted by molar-refractivity contribution is 5.30. The number of nitrogens with zero attached hydrogens (tertiary/aromatic N) is 3. The maximum Gasteiger partial charge on any atom is 0.204 e. The van der Waals surface area contributed by atoms with Crippen molar-refractivity contribution >= 4 is 5.95 Å². The van der Waals surface area contributed by atoms with E-state index in [0.717, 1.165) is 11.6 Å². The first-order valence-corrected chi connectivity index (χ1v) is 4.69. The number of nitrogens with one attached hydrogen (secondary N) is 1. The van der Waals surface area contributed by atoms with Crippen molar-refractivity contribution in [2.24, 2.45) is 7.05 Å². The molecule has 80 valence electrons. The van der Waals surface area contributed by atoms with Gasteiger partial charge in [0.15, 0.2) is 0 Å². The van der Waals surface area contributed by atoms with Crippen LogP contribution in [0.25, 0.3) is 0 Å². The Hall–Kier alpha value is -1.07. The first-order chi connectivity index (χ1) is 6.66. The average molecular weight is 198 g/mol. The molecule has 0 saturated heterocycles. The Labute approximate surface area is 84.6 Å². The van der Waals surface area contributed by atoms with Crippen LogP contribution in [-0.4, -0.2) is 30.3 Å². The molecule has 0 aliphatic heterocycles. The molecule has 0 radical (unpaired) electrons. The highest BCUT2D eigenvalue weighted by atomic mass is 16.6. The van der Waals surface area contributed by atoms with Gasteiger partial charge in [0.1, 0.15) is 0 Å². The zero-order valence-electron chi connectivity index (χ0n) is 9.24. The van der Waals surface area contributed by atoms with Crippen molar-refractivity contribution in [3.05, 3.63) is 11.9 Å². The lowest BCUT2D eigenvalue weighted by Crippen LogP contribution is -2.18. The number of imidazole rings is 1. The van der Waals surface area contributed by atoms with E-state index in [4.69, 9.17) is 4.84 Å². The van der Waals surface area contributed by atoms with Gasteiger partial charge in [-0.1, -0.05) is 0 Å². The fourth-order valence-corrected chi connectivity index (χ4v) is 1.24. The molecule has 0 aromatic carbocycles. The van der Waals surface area contributed by atoms with Crippen LogP contribution < -0.4 is 10.4 Å². The van der Waals surface area contributed by atoms with E-state index in [-0.39, 0.29) is 0 Å². The first kappa shape index (κ1) is 11.0. The monoisotopic (exact) mass is 198 g/mol. The van der Waals surface area contributed by atoms with Crippen molar-refractivity contribution in [3.8, 4) is 0 Å². The predicted octanol–water partition coefficient (Wildman–Crippen LogP) is 0.527. The smallest absolute Gasteiger partial charge is 0.204 e. The quantitative estimate of drug-likeness (QED) is 0.553. The van der Waals surface area contributed by atoms with Gasteiger partial charge < -0.3 is 14.3 Å². The van der Waals surface area contributed by atoms with Gasteiger partial charge in [-0.3, -0.25) is 0 Å². The van der Waals surface area contributed by atoms with Gasteiger partial charge in [0.05, 0.1) is 25.0 Å². The Balaban J connectivity index is 2.60. The summed E-state index contributed by atoms with van der Waals surface area (Å²) in [5, 5.41) is 0. The highest BCUT2D eigenvalue weighted by Gasteiger charge is 2.06. The summed E-state index contributed by atoms with van der Waals surface area (Å²) in [5.74, 6) is 0.943. The molecule has 5 heteroatoms. The van der Waals surface area contributed by atoms with Gasteiger partial charge in [-0.2, -0.15) is 5.48 Å². The fourth-order valence-electron chi connectivity index (χ4n) is 1.24. The lowest BCUT2D eigenvalue weighted by molar-refractivity contribution is 0.0451. The highest BCUT2D eigenvalue weighted by Crippen LogP contribution is 2.10. The molecule has 14 heavy (non-hydrogen) atoms. The molecule has 1 aromatic rings. The molecule has 1 heterocycles. The zero-order chi connectivity index (χ0) is 10.6. The van der Waals surface area contributed by atoms with E-state index in [1.54, 1.807) is 0 Å². The summed E-state index contributed by atoms with van der Waals surface area (Å²) in [7, 11) is 5.94. The van der Waals surface area contributed by atoms with Crippen molar-refractivity contribution in [2.45, 2.75) is 13.5 Å². The minimum Gasteiger partial charge on any atom is -0.348 e. The van der Waals surface area contributed by atoms with Crippen LogP contribution in [0.5, 0.6) is 0 Å². The minimum atomic E-state index is 0.665. The van der Waals surface area contributed by atoms with E-state index < -0.39 is 0 Å². The Morgan fingerprint density at radius 1 is 1.57 bits per heavy atom. The first-order valence-electron chi connectivity index (χ1n) is 4.69. The van der Waals surface area contributed by atoms with E-state index in [1.165, 1.54) is 0 Å². The molecule has 0 fully saturated rings. The molecule has 0 aliphatic carbocycles. The summed E-state index contributed by atoms with van der Waals surface area (Å²) in [4.78, 5) is 11.3. The SMILES string of the molecule is CCONCc1cnc(N(C)C)n1C. The van der Waals surface area contributed by atoms with Crippen LogP contribution in [0.1, 0.15) is 12.6 Å². The van der Waals surface area contributed by atoms with Crippen molar-refractivity contribution in [1.29, 1.82) is 0 Å². The van der Waals surface area contributed by atoms with Crippen molar-refractivity contribution < 1.29 is 4.84 Å². The molecule has 0 unspecified atom stereocenters. The third-order valence-electron chi connectivity index (χ3n) is 1.96. The van der Waals surface area contributed by atoms with Crippen LogP contribution in [0.3, 0.4) is 0 Å². The third kappa shape index (κ3) is 2.46. The van der Waals surface area contributed by atoms with Crippen LogP contribution in [0.15, 0.2) is 6.20 Å². The fraction of sp³-hybridized carbons (Fsp3) is 0.667. The molecule has 0 spiro atoms. The maximum absolute atomic E-state index is 5.06. The number of rotatable bonds is 5. The molecule has 5 nitrogen and oxygen atoms in total. The number of hydroxylamine groups is 1. The van der Waals surface area contributed by atoms with Gasteiger partial charge >= 0.3 is 0 Å². The number of hydrogen-bond donors (Lipinski definition) is 1. The molecule has 0 aliphatic rings. The summed E-state index contributed by atoms with van der Waals surface area (Å²) >= 11 is 0. The Bertz CT molecular complexity index is 282. The normalized spacial score (nSPS) is 10.6. The van der Waals surface area contributed by atoms with Gasteiger partial charge in [0.2, 0.25) is 5.95 Å². The van der Waals surface area contributed by atoms with E-state index >= 15 is 0 Å². The second kappa shape index (κ2) is 4.97. The van der Waals surface area contributed by atoms with Gasteiger partial charge in [-0.05, 0) is 6.92 Å². The topological polar surface area (TPSA) is 42.3 Å². The Morgan fingerprint density at radius 2 is 2.29 bits per heavy atom. The number of hydrogen-bond acceptors (Lipinski definition) is 4. The molecular formula is C9H18N4O. The molecule has 0 amide bonds. The van der Waals surface area contributed by atoms with E-state index in [1.807, 2.05) is 43.7 Å². The Kier molecular flexibility index (Phi) is 3.91. The van der Waals surface area contributed by atoms with Crippen LogP contribution in [-0.2, 0) is 18.4 Å². The molecule has 0 saturated carbocycles. The van der Waals surface area contributed by atoms with Crippen LogP contribution in [0.4, 0.5) is 5.95 Å². The van der Waals surface area contributed by atoms with E-state index in [0.29, 0.717) is 13.2 Å². The Morgan fingerprint density at radius 3 is 2.79 bits per heavy atom. The second-order valence-corrected chi connectivity index (χ2v) is 3.26. The zero-order valence-corrected chi connectivity index (χ0v) is 9.24. The van der Waals surface area contributed by atoms with E-state index in [2.05, 4.69) is 10.5 Å². The minimum absolute atomic E-state index is 0.665. The van der Waals surface area contributed by atoms with Crippen LogP contribution >= 0.6 is 0 Å². The summed E-state index contributed by atoms with van der Waals surface area (Å²) in [6.45, 7) is 3.28. The average Bonchev–Trinajstić information content (AvgIpc) is 2.48. The van der Waals surface area contributed by atoms with Gasteiger partial charge in [-0.15, -0.1) is 0 Å². The van der Waals surface area contributed by atoms with Crippen molar-refractivity contribution in [3.63, 3.8) is 0 Å². The lowest BCUT2D eigenvalue weighted by atomic mass is 10.5. The largest absolute Gasteiger partial charge is 0.348 e. The molecular weight excluding hydrogens is 180 g/mol. The summed E-state index contributed by atoms with van der Waals surface area (Å²) in [6, 6.07) is 0. The standard InChI is InChI=1S/C9H18N4O/c1-5-14-11-7-8-6-10-9(12(2)3)13(8)4/h6,11H,5,7H2,1-4H3. The van der Waals surface area contributed by atoms with Gasteiger partial charge in [-0.25, -0.2) is 4.98 Å². The lowest BCUT2D eigenvalue weighted by Gasteiger charge is -2.12. The summed E-state index contributed by atoms with van der Waals surface area (Å²) in [5.41, 5.74) is 3.96. The summed E-state index contributed by atoms with van der Waals surface area (Å²) in [6.07, 6.45) is 1.85. The summed E-state index contributed by atoms with van der Waals surface area (Å²) < 4.78 is 2.03. The molecule has 1 aromatic heterocycles. The van der Waals surface area contributed by atoms with Crippen molar-refractivity contribution in [1.82, 2.24) is 15.0 Å². The van der Waals surface area contributed by atoms with Crippen LogP contribution in [0, 0.1) is 0 Å². The van der Waals surface area contributed by atoms with Crippen molar-refractivity contribution in [2.75, 3.05) is 25.6 Å². The van der Waals surface area contributed by atoms with E-state index in [9.17, 15) is 0 Å². The molecule has 0 atom stereocenters. The predicted molar refractivity (Wildman–Crippen MR) is 56.0 cm³/mol. The van der Waals surface area contributed by atoms with Gasteiger partial charge in [0, 0.05) is 21.1 Å². The second-order valence-electron chi connectivity index (χ2n) is 3.26.